The highest BCUT2D eigenvalue weighted by Gasteiger charge is 2.19. The van der Waals surface area contributed by atoms with Gasteiger partial charge in [0.25, 0.3) is 0 Å². The predicted octanol–water partition coefficient (Wildman–Crippen LogP) is 15.7. The van der Waals surface area contributed by atoms with Gasteiger partial charge in [0, 0.05) is 44.5 Å². The van der Waals surface area contributed by atoms with Gasteiger partial charge in [0.15, 0.2) is 5.58 Å². The molecule has 0 aliphatic carbocycles. The van der Waals surface area contributed by atoms with Crippen molar-refractivity contribution in [3.8, 4) is 39.4 Å². The summed E-state index contributed by atoms with van der Waals surface area (Å²) < 4.78 is 8.71. The summed E-state index contributed by atoms with van der Waals surface area (Å²) in [7, 11) is 0. The molecule has 12 aromatic rings. The highest BCUT2D eigenvalue weighted by Crippen LogP contribution is 2.42. The second-order valence-electron chi connectivity index (χ2n) is 15.5. The third-order valence-corrected chi connectivity index (χ3v) is 12.0. The molecule has 0 unspecified atom stereocenters. The molecule has 0 fully saturated rings. The van der Waals surface area contributed by atoms with Crippen molar-refractivity contribution >= 4 is 71.5 Å². The molecular weight excluding hydrogens is 743 g/mol. The van der Waals surface area contributed by atoms with Crippen LogP contribution in [0.3, 0.4) is 0 Å². The standard InChI is InChI=1S/C57H37N3O/c1-3-14-42(15-4-1)57-58-56-54(61-57)36-29-41-17-12-23-49(55(41)56)40-27-32-45(33-28-40)59(44-30-25-39(26-31-44)48-22-11-16-38-13-7-8-20-47(38)48)46-34-35-51-50-21-9-10-24-52(50)60(53(51)37-46)43-18-5-2-6-19-43/h1-37H. The number of rotatable bonds is 7. The molecule has 0 atom stereocenters. The van der Waals surface area contributed by atoms with Gasteiger partial charge in [0.1, 0.15) is 5.52 Å². The Morgan fingerprint density at radius 2 is 0.984 bits per heavy atom. The Kier molecular flexibility index (Phi) is 8.13. The lowest BCUT2D eigenvalue weighted by Crippen LogP contribution is -2.10. The van der Waals surface area contributed by atoms with Crippen molar-refractivity contribution in [2.24, 2.45) is 0 Å². The summed E-state index contributed by atoms with van der Waals surface area (Å²) in [5.74, 6) is 0.624. The molecule has 12 rings (SSSR count). The summed E-state index contributed by atoms with van der Waals surface area (Å²) in [5, 5.41) is 7.14. The molecule has 0 amide bonds. The van der Waals surface area contributed by atoms with Crippen molar-refractivity contribution < 1.29 is 4.42 Å². The zero-order chi connectivity index (χ0) is 40.3. The van der Waals surface area contributed by atoms with Gasteiger partial charge in [0.2, 0.25) is 5.89 Å². The molecule has 4 heteroatoms. The van der Waals surface area contributed by atoms with Gasteiger partial charge < -0.3 is 13.9 Å². The van der Waals surface area contributed by atoms with Crippen molar-refractivity contribution in [2.75, 3.05) is 4.90 Å². The molecule has 2 aromatic heterocycles. The van der Waals surface area contributed by atoms with Crippen LogP contribution in [0.15, 0.2) is 229 Å². The monoisotopic (exact) mass is 779 g/mol. The number of nitrogens with zero attached hydrogens (tertiary/aromatic N) is 3. The fraction of sp³-hybridized carbons (Fsp3) is 0. The topological polar surface area (TPSA) is 34.2 Å². The van der Waals surface area contributed by atoms with Gasteiger partial charge in [-0.1, -0.05) is 152 Å². The van der Waals surface area contributed by atoms with Crippen LogP contribution in [-0.2, 0) is 0 Å². The van der Waals surface area contributed by atoms with Gasteiger partial charge in [-0.25, -0.2) is 4.98 Å². The third kappa shape index (κ3) is 5.88. The number of para-hydroxylation sites is 2. The lowest BCUT2D eigenvalue weighted by atomic mass is 9.96. The van der Waals surface area contributed by atoms with Crippen LogP contribution in [0.25, 0.3) is 93.8 Å². The molecule has 0 aliphatic heterocycles. The van der Waals surface area contributed by atoms with Crippen LogP contribution in [0.1, 0.15) is 0 Å². The van der Waals surface area contributed by atoms with Gasteiger partial charge in [-0.15, -0.1) is 0 Å². The fourth-order valence-corrected chi connectivity index (χ4v) is 9.17. The van der Waals surface area contributed by atoms with Crippen molar-refractivity contribution in [1.82, 2.24) is 9.55 Å². The predicted molar refractivity (Wildman–Crippen MR) is 254 cm³/mol. The highest BCUT2D eigenvalue weighted by atomic mass is 16.3. The summed E-state index contributed by atoms with van der Waals surface area (Å²) >= 11 is 0. The summed E-state index contributed by atoms with van der Waals surface area (Å²) in [6.07, 6.45) is 0. The minimum atomic E-state index is 0.624. The number of fused-ring (bicyclic) bond motifs is 7. The average molecular weight is 780 g/mol. The molecule has 10 aromatic carbocycles. The Morgan fingerprint density at radius 3 is 1.75 bits per heavy atom. The number of anilines is 3. The number of hydrogen-bond acceptors (Lipinski definition) is 3. The number of oxazole rings is 1. The molecule has 0 saturated heterocycles. The maximum absolute atomic E-state index is 6.33. The van der Waals surface area contributed by atoms with E-state index < -0.39 is 0 Å². The number of benzene rings is 10. The summed E-state index contributed by atoms with van der Waals surface area (Å²) in [5.41, 5.74) is 13.9. The smallest absolute Gasteiger partial charge is 0.227 e. The molecule has 0 radical (unpaired) electrons. The number of aromatic nitrogens is 2. The second kappa shape index (κ2) is 14.3. The third-order valence-electron chi connectivity index (χ3n) is 12.0. The van der Waals surface area contributed by atoms with E-state index in [2.05, 4.69) is 198 Å². The van der Waals surface area contributed by atoms with E-state index in [-0.39, 0.29) is 0 Å². The van der Waals surface area contributed by atoms with Gasteiger partial charge in [-0.05, 0) is 111 Å². The summed E-state index contributed by atoms with van der Waals surface area (Å²) in [6.45, 7) is 0. The Hall–Kier alpha value is -8.21. The van der Waals surface area contributed by atoms with Gasteiger partial charge in [0.05, 0.1) is 11.0 Å². The zero-order valence-electron chi connectivity index (χ0n) is 33.1. The van der Waals surface area contributed by atoms with E-state index in [9.17, 15) is 0 Å². The van der Waals surface area contributed by atoms with Crippen LogP contribution in [0.4, 0.5) is 17.1 Å². The largest absolute Gasteiger partial charge is 0.436 e. The van der Waals surface area contributed by atoms with Crippen LogP contribution in [0, 0.1) is 0 Å². The molecule has 61 heavy (non-hydrogen) atoms. The quantitative estimate of drug-likeness (QED) is 0.162. The van der Waals surface area contributed by atoms with E-state index in [0.717, 1.165) is 66.8 Å². The Labute approximate surface area is 352 Å². The zero-order valence-corrected chi connectivity index (χ0v) is 33.1. The Morgan fingerprint density at radius 1 is 0.393 bits per heavy atom. The van der Waals surface area contributed by atoms with Crippen LogP contribution in [0.5, 0.6) is 0 Å². The van der Waals surface area contributed by atoms with Crippen LogP contribution >= 0.6 is 0 Å². The minimum absolute atomic E-state index is 0.624. The van der Waals surface area contributed by atoms with Crippen molar-refractivity contribution in [3.05, 3.63) is 224 Å². The van der Waals surface area contributed by atoms with Gasteiger partial charge >= 0.3 is 0 Å². The van der Waals surface area contributed by atoms with Crippen LogP contribution in [0.2, 0.25) is 0 Å². The van der Waals surface area contributed by atoms with Crippen molar-refractivity contribution in [3.63, 3.8) is 0 Å². The number of hydrogen-bond donors (Lipinski definition) is 0. The van der Waals surface area contributed by atoms with E-state index in [0.29, 0.717) is 5.89 Å². The molecule has 286 valence electrons. The SMILES string of the molecule is c1ccc(-c2nc3c(ccc4cccc(-c5ccc(N(c6ccc(-c7cccc8ccccc78)cc6)c6ccc7c8ccccc8n(-c8ccccc8)c7c6)cc5)c43)o2)cc1. The summed E-state index contributed by atoms with van der Waals surface area (Å²) in [6, 6.07) is 80.0. The molecule has 0 aliphatic rings. The fourth-order valence-electron chi connectivity index (χ4n) is 9.17. The molecule has 0 saturated carbocycles. The lowest BCUT2D eigenvalue weighted by molar-refractivity contribution is 0.620. The van der Waals surface area contributed by atoms with Gasteiger partial charge in [-0.3, -0.25) is 0 Å². The van der Waals surface area contributed by atoms with Crippen molar-refractivity contribution in [2.45, 2.75) is 0 Å². The molecular formula is C57H37N3O. The molecule has 0 bridgehead atoms. The first-order chi connectivity index (χ1) is 30.2. The Balaban J connectivity index is 1.01. The normalized spacial score (nSPS) is 11.6. The molecule has 4 nitrogen and oxygen atoms in total. The first-order valence-corrected chi connectivity index (χ1v) is 20.7. The van der Waals surface area contributed by atoms with E-state index >= 15 is 0 Å². The molecule has 2 heterocycles. The van der Waals surface area contributed by atoms with Gasteiger partial charge in [-0.2, -0.15) is 0 Å². The second-order valence-corrected chi connectivity index (χ2v) is 15.5. The van der Waals surface area contributed by atoms with Crippen molar-refractivity contribution in [1.29, 1.82) is 0 Å². The van der Waals surface area contributed by atoms with E-state index in [4.69, 9.17) is 9.40 Å². The maximum atomic E-state index is 6.33. The van der Waals surface area contributed by atoms with Crippen LogP contribution in [-0.4, -0.2) is 9.55 Å². The van der Waals surface area contributed by atoms with Crippen LogP contribution < -0.4 is 4.90 Å². The first-order valence-electron chi connectivity index (χ1n) is 20.7. The average Bonchev–Trinajstić information content (AvgIpc) is 3.92. The van der Waals surface area contributed by atoms with E-state index in [1.54, 1.807) is 0 Å². The lowest BCUT2D eigenvalue weighted by Gasteiger charge is -2.26. The maximum Gasteiger partial charge on any atom is 0.227 e. The molecule has 0 N–H and O–H groups in total. The van der Waals surface area contributed by atoms with E-state index in [1.807, 2.05) is 36.4 Å². The minimum Gasteiger partial charge on any atom is -0.436 e. The first kappa shape index (κ1) is 34.8. The molecule has 0 spiro atoms. The Bertz CT molecular complexity index is 3560. The van der Waals surface area contributed by atoms with E-state index in [1.165, 1.54) is 38.2 Å². The summed E-state index contributed by atoms with van der Waals surface area (Å²) in [4.78, 5) is 7.43. The highest BCUT2D eigenvalue weighted by molar-refractivity contribution is 6.12.